The second kappa shape index (κ2) is 6.26. The van der Waals surface area contributed by atoms with Gasteiger partial charge in [0.15, 0.2) is 5.79 Å². The summed E-state index contributed by atoms with van der Waals surface area (Å²) in [6, 6.07) is 0. The van der Waals surface area contributed by atoms with Gasteiger partial charge < -0.3 is 0 Å². The van der Waals surface area contributed by atoms with Crippen LogP contribution >= 0.6 is 0 Å². The van der Waals surface area contributed by atoms with Crippen LogP contribution in [0.4, 0.5) is 0 Å². The predicted octanol–water partition coefficient (Wildman–Crippen LogP) is -0.730. The molecule has 0 aromatic carbocycles. The third-order valence-corrected chi connectivity index (χ3v) is 1.45. The summed E-state index contributed by atoms with van der Waals surface area (Å²) in [4.78, 5) is 19.4. The van der Waals surface area contributed by atoms with E-state index in [-0.39, 0.29) is 0 Å². The third kappa shape index (κ3) is 7.09. The van der Waals surface area contributed by atoms with Crippen molar-refractivity contribution in [2.75, 3.05) is 6.54 Å². The molecule has 0 atom stereocenters. The highest BCUT2D eigenvalue weighted by Crippen LogP contribution is 2.01. The van der Waals surface area contributed by atoms with Crippen LogP contribution in [0.3, 0.4) is 0 Å². The van der Waals surface area contributed by atoms with Gasteiger partial charge in [0.2, 0.25) is 0 Å². The van der Waals surface area contributed by atoms with Gasteiger partial charge in [-0.05, 0) is 19.3 Å². The lowest BCUT2D eigenvalue weighted by atomic mass is 10.1. The average Bonchev–Trinajstić information content (AvgIpc) is 2.04. The number of nitrogens with one attached hydrogen (secondary N) is 2. The molecule has 0 aromatic heterocycles. The zero-order chi connectivity index (χ0) is 10.2. The van der Waals surface area contributed by atoms with Crippen molar-refractivity contribution in [3.63, 3.8) is 0 Å². The second-order valence-electron chi connectivity index (χ2n) is 2.70. The number of unbranched alkanes of at least 4 members (excludes halogenated alkanes) is 1. The monoisotopic (exact) mass is 190 g/mol. The van der Waals surface area contributed by atoms with Gasteiger partial charge in [0.05, 0.1) is 5.29 Å². The maximum Gasteiger partial charge on any atom is 0.157 e. The summed E-state index contributed by atoms with van der Waals surface area (Å²) in [5.41, 5.74) is 15.1. The molecule has 0 unspecified atom stereocenters. The minimum atomic E-state index is -1.27. The molecule has 0 aromatic rings. The molecular formula is C5H14N6O2. The molecule has 0 rings (SSSR count). The Morgan fingerprint density at radius 3 is 2.38 bits per heavy atom. The van der Waals surface area contributed by atoms with Gasteiger partial charge in [-0.25, -0.2) is 5.43 Å². The SMILES string of the molecule is NC(N)(CCCCNN=O)NN=O. The topological polar surface area (TPSA) is 135 Å². The number of nitroso groups, excluding NO2 is 2. The molecular weight excluding hydrogens is 176 g/mol. The van der Waals surface area contributed by atoms with E-state index < -0.39 is 5.79 Å². The van der Waals surface area contributed by atoms with Crippen LogP contribution in [0.2, 0.25) is 0 Å². The van der Waals surface area contributed by atoms with Crippen molar-refractivity contribution in [3.05, 3.63) is 9.81 Å². The van der Waals surface area contributed by atoms with Gasteiger partial charge in [-0.2, -0.15) is 0 Å². The Balaban J connectivity index is 3.39. The van der Waals surface area contributed by atoms with Gasteiger partial charge in [-0.3, -0.25) is 16.9 Å². The van der Waals surface area contributed by atoms with Crippen LogP contribution in [-0.2, 0) is 0 Å². The van der Waals surface area contributed by atoms with Gasteiger partial charge in [-0.1, -0.05) is 0 Å². The quantitative estimate of drug-likeness (QED) is 0.172. The number of hydrogen-bond acceptors (Lipinski definition) is 6. The molecule has 0 bridgehead atoms. The number of hydrogen-bond donors (Lipinski definition) is 4. The molecule has 76 valence electrons. The van der Waals surface area contributed by atoms with E-state index in [1.165, 1.54) is 0 Å². The van der Waals surface area contributed by atoms with E-state index in [1.807, 2.05) is 5.43 Å². The highest BCUT2D eigenvalue weighted by Gasteiger charge is 2.17. The Morgan fingerprint density at radius 2 is 1.85 bits per heavy atom. The molecule has 0 radical (unpaired) electrons. The van der Waals surface area contributed by atoms with Crippen LogP contribution in [0.1, 0.15) is 19.3 Å². The average molecular weight is 190 g/mol. The molecule has 0 aliphatic rings. The van der Waals surface area contributed by atoms with E-state index in [4.69, 9.17) is 11.5 Å². The van der Waals surface area contributed by atoms with Crippen LogP contribution in [-0.4, -0.2) is 12.3 Å². The molecule has 8 heteroatoms. The Hall–Kier alpha value is -1.28. The summed E-state index contributed by atoms with van der Waals surface area (Å²) in [5.74, 6) is -1.27. The van der Waals surface area contributed by atoms with Gasteiger partial charge in [0.1, 0.15) is 0 Å². The lowest BCUT2D eigenvalue weighted by Gasteiger charge is -2.21. The molecule has 8 nitrogen and oxygen atoms in total. The molecule has 0 aliphatic carbocycles. The van der Waals surface area contributed by atoms with Crippen LogP contribution in [0.5, 0.6) is 0 Å². The van der Waals surface area contributed by atoms with E-state index in [2.05, 4.69) is 16.0 Å². The van der Waals surface area contributed by atoms with Crippen molar-refractivity contribution in [2.24, 2.45) is 22.0 Å². The Labute approximate surface area is 75.3 Å². The fourth-order valence-electron chi connectivity index (χ4n) is 0.808. The summed E-state index contributed by atoms with van der Waals surface area (Å²) in [6.45, 7) is 0.466. The van der Waals surface area contributed by atoms with Crippen molar-refractivity contribution >= 4 is 0 Å². The van der Waals surface area contributed by atoms with Crippen LogP contribution < -0.4 is 22.3 Å². The van der Waals surface area contributed by atoms with Crippen molar-refractivity contribution in [2.45, 2.75) is 25.0 Å². The first kappa shape index (κ1) is 11.7. The number of nitrogens with two attached hydrogens (primary N) is 2. The standard InChI is InChI=1S/C5H14N6O2/c6-5(7,9-11-13)3-1-2-4-8-10-12/h1-4,6-7H2,(H,8,12)(H,9,13). The zero-order valence-electron chi connectivity index (χ0n) is 7.19. The fourth-order valence-corrected chi connectivity index (χ4v) is 0.808. The Morgan fingerprint density at radius 1 is 1.15 bits per heavy atom. The van der Waals surface area contributed by atoms with E-state index in [0.717, 1.165) is 0 Å². The Bertz CT molecular complexity index is 161. The number of rotatable bonds is 8. The molecule has 0 amide bonds. The molecule has 6 N–H and O–H groups in total. The van der Waals surface area contributed by atoms with Gasteiger partial charge in [0, 0.05) is 11.8 Å². The highest BCUT2D eigenvalue weighted by molar-refractivity contribution is 4.70. The van der Waals surface area contributed by atoms with E-state index in [9.17, 15) is 9.81 Å². The first-order valence-corrected chi connectivity index (χ1v) is 3.85. The smallest absolute Gasteiger partial charge is 0.157 e. The van der Waals surface area contributed by atoms with Crippen molar-refractivity contribution < 1.29 is 0 Å². The van der Waals surface area contributed by atoms with Gasteiger partial charge in [0.25, 0.3) is 0 Å². The summed E-state index contributed by atoms with van der Waals surface area (Å²) < 4.78 is 0. The summed E-state index contributed by atoms with van der Waals surface area (Å²) in [6.07, 6.45) is 1.75. The third-order valence-electron chi connectivity index (χ3n) is 1.45. The first-order chi connectivity index (χ1) is 6.12. The summed E-state index contributed by atoms with van der Waals surface area (Å²) in [5, 5.41) is 4.85. The van der Waals surface area contributed by atoms with Crippen LogP contribution in [0, 0.1) is 9.81 Å². The molecule has 0 saturated carbocycles. The largest absolute Gasteiger partial charge is 0.295 e. The lowest BCUT2D eigenvalue weighted by Crippen LogP contribution is -2.59. The second-order valence-corrected chi connectivity index (χ2v) is 2.70. The molecule has 13 heavy (non-hydrogen) atoms. The predicted molar refractivity (Wildman–Crippen MR) is 47.7 cm³/mol. The molecule has 0 aliphatic heterocycles. The fraction of sp³-hybridized carbons (Fsp3) is 1.00. The Kier molecular flexibility index (Phi) is 5.64. The van der Waals surface area contributed by atoms with E-state index in [1.54, 1.807) is 0 Å². The summed E-state index contributed by atoms with van der Waals surface area (Å²) >= 11 is 0. The number of nitrogens with zero attached hydrogens (tertiary/aromatic N) is 2. The van der Waals surface area contributed by atoms with Crippen molar-refractivity contribution in [1.29, 1.82) is 0 Å². The van der Waals surface area contributed by atoms with E-state index >= 15 is 0 Å². The van der Waals surface area contributed by atoms with Crippen LogP contribution in [0.25, 0.3) is 0 Å². The minimum Gasteiger partial charge on any atom is -0.295 e. The molecule has 0 heterocycles. The highest BCUT2D eigenvalue weighted by atomic mass is 16.3. The maximum absolute atomic E-state index is 9.77. The first-order valence-electron chi connectivity index (χ1n) is 3.85. The zero-order valence-corrected chi connectivity index (χ0v) is 7.19. The maximum atomic E-state index is 9.77. The lowest BCUT2D eigenvalue weighted by molar-refractivity contribution is 0.316. The minimum absolute atomic E-state index is 0.388. The molecule has 0 spiro atoms. The summed E-state index contributed by atoms with van der Waals surface area (Å²) in [7, 11) is 0. The van der Waals surface area contributed by atoms with Gasteiger partial charge >= 0.3 is 0 Å². The molecule has 0 saturated heterocycles. The van der Waals surface area contributed by atoms with Crippen molar-refractivity contribution in [3.8, 4) is 0 Å². The molecule has 0 fully saturated rings. The normalized spacial score (nSPS) is 10.6. The van der Waals surface area contributed by atoms with Crippen molar-refractivity contribution in [1.82, 2.24) is 10.9 Å². The van der Waals surface area contributed by atoms with Gasteiger partial charge in [-0.15, -0.1) is 9.81 Å². The van der Waals surface area contributed by atoms with E-state index in [0.29, 0.717) is 25.8 Å². The van der Waals surface area contributed by atoms with Crippen LogP contribution in [0.15, 0.2) is 10.6 Å².